The van der Waals surface area contributed by atoms with Gasteiger partial charge in [0.15, 0.2) is 0 Å². The van der Waals surface area contributed by atoms with Crippen molar-refractivity contribution in [2.24, 2.45) is 5.92 Å². The summed E-state index contributed by atoms with van der Waals surface area (Å²) < 4.78 is 26.8. The van der Waals surface area contributed by atoms with Gasteiger partial charge < -0.3 is 14.6 Å². The van der Waals surface area contributed by atoms with Gasteiger partial charge in [-0.25, -0.2) is 9.07 Å². The lowest BCUT2D eigenvalue weighted by Gasteiger charge is -2.27. The zero-order valence-electron chi connectivity index (χ0n) is 19.9. The monoisotopic (exact) mass is 465 g/mol. The van der Waals surface area contributed by atoms with Gasteiger partial charge >= 0.3 is 0 Å². The molecule has 0 aliphatic carbocycles. The van der Waals surface area contributed by atoms with E-state index in [2.05, 4.69) is 24.7 Å². The van der Waals surface area contributed by atoms with Gasteiger partial charge in [0.2, 0.25) is 5.88 Å². The first-order chi connectivity index (χ1) is 16.4. The fraction of sp³-hybridized carbons (Fsp3) is 0.370. The number of rotatable bonds is 12. The number of aryl methyl sites for hydroxylation is 1. The maximum Gasteiger partial charge on any atom is 0.227 e. The number of hydrogen-bond acceptors (Lipinski definition) is 5. The van der Waals surface area contributed by atoms with Crippen molar-refractivity contribution < 1.29 is 19.0 Å². The summed E-state index contributed by atoms with van der Waals surface area (Å²) in [4.78, 5) is 2.16. The van der Waals surface area contributed by atoms with Crippen molar-refractivity contribution in [2.75, 3.05) is 26.3 Å². The van der Waals surface area contributed by atoms with Gasteiger partial charge in [-0.15, -0.1) is 6.42 Å². The standard InChI is InChI=1S/C27H32FN3O3/c1-5-15-33-19-24(32)17-30(16-20(2)3)18-26-21(4)29-31(23-9-7-6-8-10-23)27(26)34-25-13-11-22(28)12-14-25/h1,6-14,20,24,32H,15-19H2,2-4H3/t24-/m1/s1. The lowest BCUT2D eigenvalue weighted by Crippen LogP contribution is -2.37. The Balaban J connectivity index is 1.93. The Morgan fingerprint density at radius 3 is 2.47 bits per heavy atom. The molecule has 0 aliphatic rings. The van der Waals surface area contributed by atoms with Crippen LogP contribution in [0.3, 0.4) is 0 Å². The molecule has 1 N–H and O–H groups in total. The number of nitrogens with zero attached hydrogens (tertiary/aromatic N) is 3. The Kier molecular flexibility index (Phi) is 9.23. The van der Waals surface area contributed by atoms with Crippen LogP contribution in [0.5, 0.6) is 11.6 Å². The van der Waals surface area contributed by atoms with Crippen LogP contribution >= 0.6 is 0 Å². The van der Waals surface area contributed by atoms with Crippen molar-refractivity contribution in [2.45, 2.75) is 33.4 Å². The summed E-state index contributed by atoms with van der Waals surface area (Å²) in [5.41, 5.74) is 2.56. The number of ether oxygens (including phenoxy) is 2. The van der Waals surface area contributed by atoms with Gasteiger partial charge in [-0.3, -0.25) is 4.90 Å². The minimum atomic E-state index is -0.682. The lowest BCUT2D eigenvalue weighted by molar-refractivity contribution is 0.0236. The second-order valence-corrected chi connectivity index (χ2v) is 8.63. The van der Waals surface area contributed by atoms with Gasteiger partial charge in [-0.2, -0.15) is 5.10 Å². The molecular weight excluding hydrogens is 433 g/mol. The van der Waals surface area contributed by atoms with E-state index in [1.54, 1.807) is 16.8 Å². The van der Waals surface area contributed by atoms with E-state index in [4.69, 9.17) is 21.0 Å². The maximum absolute atomic E-state index is 13.5. The van der Waals surface area contributed by atoms with E-state index in [9.17, 15) is 9.50 Å². The lowest BCUT2D eigenvalue weighted by atomic mass is 10.1. The van der Waals surface area contributed by atoms with Crippen LogP contribution in [0.4, 0.5) is 4.39 Å². The van der Waals surface area contributed by atoms with E-state index in [1.165, 1.54) is 12.1 Å². The number of halogens is 1. The Morgan fingerprint density at radius 2 is 1.82 bits per heavy atom. The molecule has 0 amide bonds. The van der Waals surface area contributed by atoms with Gasteiger partial charge in [-0.1, -0.05) is 38.0 Å². The Bertz CT molecular complexity index is 1070. The molecule has 180 valence electrons. The summed E-state index contributed by atoms with van der Waals surface area (Å²) in [6, 6.07) is 15.6. The van der Waals surface area contributed by atoms with Gasteiger partial charge in [0.1, 0.15) is 18.2 Å². The van der Waals surface area contributed by atoms with E-state index in [0.29, 0.717) is 30.6 Å². The topological polar surface area (TPSA) is 59.8 Å². The molecule has 0 spiro atoms. The number of hydrogen-bond donors (Lipinski definition) is 1. The minimum Gasteiger partial charge on any atom is -0.439 e. The molecule has 1 heterocycles. The smallest absolute Gasteiger partial charge is 0.227 e. The molecule has 6 nitrogen and oxygen atoms in total. The first kappa shape index (κ1) is 25.4. The van der Waals surface area contributed by atoms with Gasteiger partial charge in [0.25, 0.3) is 0 Å². The highest BCUT2D eigenvalue weighted by atomic mass is 19.1. The maximum atomic E-state index is 13.5. The fourth-order valence-corrected chi connectivity index (χ4v) is 3.73. The second-order valence-electron chi connectivity index (χ2n) is 8.63. The molecule has 1 aromatic heterocycles. The van der Waals surface area contributed by atoms with E-state index in [-0.39, 0.29) is 19.0 Å². The highest BCUT2D eigenvalue weighted by molar-refractivity contribution is 5.43. The molecule has 0 saturated carbocycles. The van der Waals surface area contributed by atoms with Crippen molar-refractivity contribution in [1.29, 1.82) is 0 Å². The van der Waals surface area contributed by atoms with E-state index < -0.39 is 6.10 Å². The average Bonchev–Trinajstić information content (AvgIpc) is 3.10. The third kappa shape index (κ3) is 7.16. The molecule has 3 aromatic rings. The molecule has 0 unspecified atom stereocenters. The average molecular weight is 466 g/mol. The summed E-state index contributed by atoms with van der Waals surface area (Å²) >= 11 is 0. The van der Waals surface area contributed by atoms with Crippen LogP contribution in [-0.2, 0) is 11.3 Å². The van der Waals surface area contributed by atoms with Crippen molar-refractivity contribution >= 4 is 0 Å². The number of para-hydroxylation sites is 1. The predicted octanol–water partition coefficient (Wildman–Crippen LogP) is 4.58. The van der Waals surface area contributed by atoms with Crippen LogP contribution in [0.25, 0.3) is 5.69 Å². The van der Waals surface area contributed by atoms with Crippen LogP contribution in [0.1, 0.15) is 25.1 Å². The zero-order chi connectivity index (χ0) is 24.5. The normalized spacial score (nSPS) is 12.2. The molecule has 0 saturated heterocycles. The van der Waals surface area contributed by atoms with Gasteiger partial charge in [0.05, 0.1) is 29.7 Å². The third-order valence-corrected chi connectivity index (χ3v) is 5.14. The first-order valence-electron chi connectivity index (χ1n) is 11.4. The Morgan fingerprint density at radius 1 is 1.12 bits per heavy atom. The summed E-state index contributed by atoms with van der Waals surface area (Å²) in [5.74, 6) is 3.53. The van der Waals surface area contributed by atoms with Gasteiger partial charge in [-0.05, 0) is 49.2 Å². The molecule has 0 fully saturated rings. The molecule has 0 bridgehead atoms. The highest BCUT2D eigenvalue weighted by Gasteiger charge is 2.23. The molecule has 3 rings (SSSR count). The van der Waals surface area contributed by atoms with Crippen molar-refractivity contribution in [3.05, 3.63) is 71.7 Å². The van der Waals surface area contributed by atoms with Crippen LogP contribution < -0.4 is 4.74 Å². The van der Waals surface area contributed by atoms with E-state index >= 15 is 0 Å². The summed E-state index contributed by atoms with van der Waals surface area (Å²) in [7, 11) is 0. The predicted molar refractivity (Wildman–Crippen MR) is 131 cm³/mol. The molecule has 0 radical (unpaired) electrons. The highest BCUT2D eigenvalue weighted by Crippen LogP contribution is 2.32. The summed E-state index contributed by atoms with van der Waals surface area (Å²) in [5, 5.41) is 15.2. The largest absolute Gasteiger partial charge is 0.439 e. The zero-order valence-corrected chi connectivity index (χ0v) is 19.9. The molecular formula is C27H32FN3O3. The van der Waals surface area contributed by atoms with Crippen LogP contribution in [0.2, 0.25) is 0 Å². The molecule has 2 aromatic carbocycles. The van der Waals surface area contributed by atoms with E-state index in [0.717, 1.165) is 23.5 Å². The number of terminal acetylenes is 1. The van der Waals surface area contributed by atoms with Crippen LogP contribution in [0, 0.1) is 31.0 Å². The SMILES string of the molecule is C#CCOC[C@H](O)CN(Cc1c(C)nn(-c2ccccc2)c1Oc1ccc(F)cc1)CC(C)C. The minimum absolute atomic E-state index is 0.167. The van der Waals surface area contributed by atoms with E-state index in [1.807, 2.05) is 37.3 Å². The van der Waals surface area contributed by atoms with Crippen molar-refractivity contribution in [3.63, 3.8) is 0 Å². The Hall–Kier alpha value is -3.18. The number of aromatic nitrogens is 2. The summed E-state index contributed by atoms with van der Waals surface area (Å²) in [6.07, 6.45) is 4.55. The van der Waals surface area contributed by atoms with Crippen molar-refractivity contribution in [1.82, 2.24) is 14.7 Å². The van der Waals surface area contributed by atoms with Crippen LogP contribution in [0.15, 0.2) is 54.6 Å². The molecule has 1 atom stereocenters. The van der Waals surface area contributed by atoms with Crippen molar-refractivity contribution in [3.8, 4) is 29.7 Å². The molecule has 0 aliphatic heterocycles. The molecule has 7 heteroatoms. The number of aliphatic hydroxyl groups excluding tert-OH is 1. The van der Waals surface area contributed by atoms with Gasteiger partial charge in [0, 0.05) is 19.6 Å². The fourth-order valence-electron chi connectivity index (χ4n) is 3.73. The first-order valence-corrected chi connectivity index (χ1v) is 11.4. The van der Waals surface area contributed by atoms with Crippen LogP contribution in [-0.4, -0.2) is 52.2 Å². The second kappa shape index (κ2) is 12.3. The number of aliphatic hydroxyl groups is 1. The Labute approximate surface area is 200 Å². The number of benzene rings is 2. The third-order valence-electron chi connectivity index (χ3n) is 5.14. The summed E-state index contributed by atoms with van der Waals surface area (Å²) in [6.45, 7) is 8.22. The molecule has 34 heavy (non-hydrogen) atoms. The quantitative estimate of drug-likeness (QED) is 0.313.